The Bertz CT molecular complexity index is 274. The van der Waals surface area contributed by atoms with Gasteiger partial charge in [0.25, 0.3) is 0 Å². The van der Waals surface area contributed by atoms with Crippen molar-refractivity contribution in [3.8, 4) is 0 Å². The SMILES string of the molecule is CCC(C)NC(=NCC(=O)N(C)C)NCCSC.I. The molecule has 0 bridgehead atoms. The Labute approximate surface area is 138 Å². The van der Waals surface area contributed by atoms with Crippen molar-refractivity contribution in [2.45, 2.75) is 26.3 Å². The number of amides is 1. The highest BCUT2D eigenvalue weighted by Crippen LogP contribution is 1.90. The lowest BCUT2D eigenvalue weighted by molar-refractivity contribution is -0.127. The first-order valence-corrected chi connectivity index (χ1v) is 7.64. The maximum absolute atomic E-state index is 11.5. The van der Waals surface area contributed by atoms with E-state index < -0.39 is 0 Å². The van der Waals surface area contributed by atoms with E-state index in [-0.39, 0.29) is 36.4 Å². The number of aliphatic imine (C=N–C) groups is 1. The second-order valence-electron chi connectivity index (χ2n) is 4.33. The van der Waals surface area contributed by atoms with Gasteiger partial charge in [0.15, 0.2) is 5.96 Å². The normalized spacial score (nSPS) is 12.4. The van der Waals surface area contributed by atoms with E-state index >= 15 is 0 Å². The minimum atomic E-state index is 0. The summed E-state index contributed by atoms with van der Waals surface area (Å²) in [6.45, 7) is 5.24. The molecule has 0 aromatic rings. The minimum absolute atomic E-state index is 0. The molecule has 1 unspecified atom stereocenters. The molecule has 19 heavy (non-hydrogen) atoms. The van der Waals surface area contributed by atoms with Crippen molar-refractivity contribution in [3.05, 3.63) is 0 Å². The topological polar surface area (TPSA) is 56.7 Å². The Hall–Kier alpha value is -0.180. The Morgan fingerprint density at radius 1 is 1.42 bits per heavy atom. The molecule has 0 aromatic carbocycles. The molecular formula is C12H27IN4OS. The molecule has 0 aromatic heterocycles. The van der Waals surface area contributed by atoms with Crippen LogP contribution < -0.4 is 10.6 Å². The van der Waals surface area contributed by atoms with E-state index in [0.717, 1.165) is 18.7 Å². The monoisotopic (exact) mass is 402 g/mol. The first kappa shape index (κ1) is 21.1. The zero-order chi connectivity index (χ0) is 14.0. The Morgan fingerprint density at radius 2 is 2.05 bits per heavy atom. The number of likely N-dealkylation sites (N-methyl/N-ethyl adjacent to an activating group) is 1. The molecule has 1 amide bonds. The predicted molar refractivity (Wildman–Crippen MR) is 95.7 cm³/mol. The van der Waals surface area contributed by atoms with Gasteiger partial charge in [-0.3, -0.25) is 4.79 Å². The van der Waals surface area contributed by atoms with Gasteiger partial charge in [0.2, 0.25) is 5.91 Å². The summed E-state index contributed by atoms with van der Waals surface area (Å²) in [6.07, 6.45) is 3.08. The number of rotatable bonds is 7. The number of hydrogen-bond acceptors (Lipinski definition) is 3. The van der Waals surface area contributed by atoms with E-state index in [2.05, 4.69) is 35.7 Å². The van der Waals surface area contributed by atoms with E-state index in [9.17, 15) is 4.79 Å². The highest BCUT2D eigenvalue weighted by molar-refractivity contribution is 14.0. The van der Waals surface area contributed by atoms with Crippen molar-refractivity contribution in [3.63, 3.8) is 0 Å². The summed E-state index contributed by atoms with van der Waals surface area (Å²) < 4.78 is 0. The number of halogens is 1. The number of thioether (sulfide) groups is 1. The Kier molecular flexibility index (Phi) is 14.3. The highest BCUT2D eigenvalue weighted by Gasteiger charge is 2.06. The third-order valence-corrected chi connectivity index (χ3v) is 3.08. The first-order valence-electron chi connectivity index (χ1n) is 6.25. The van der Waals surface area contributed by atoms with Crippen molar-refractivity contribution in [2.24, 2.45) is 4.99 Å². The van der Waals surface area contributed by atoms with Gasteiger partial charge in [0, 0.05) is 32.4 Å². The smallest absolute Gasteiger partial charge is 0.243 e. The molecule has 0 aliphatic carbocycles. The molecule has 0 spiro atoms. The van der Waals surface area contributed by atoms with Crippen molar-refractivity contribution < 1.29 is 4.79 Å². The van der Waals surface area contributed by atoms with Crippen LogP contribution in [0.3, 0.4) is 0 Å². The maximum atomic E-state index is 11.5. The summed E-state index contributed by atoms with van der Waals surface area (Å²) >= 11 is 1.78. The second kappa shape index (κ2) is 12.8. The highest BCUT2D eigenvalue weighted by atomic mass is 127. The third kappa shape index (κ3) is 11.4. The second-order valence-corrected chi connectivity index (χ2v) is 5.31. The molecule has 0 radical (unpaired) electrons. The van der Waals surface area contributed by atoms with Gasteiger partial charge in [0.1, 0.15) is 6.54 Å². The van der Waals surface area contributed by atoms with Gasteiger partial charge in [0.05, 0.1) is 0 Å². The zero-order valence-electron chi connectivity index (χ0n) is 12.5. The van der Waals surface area contributed by atoms with Gasteiger partial charge in [-0.15, -0.1) is 24.0 Å². The zero-order valence-corrected chi connectivity index (χ0v) is 15.7. The fourth-order valence-electron chi connectivity index (χ4n) is 1.05. The van der Waals surface area contributed by atoms with Crippen LogP contribution in [0.5, 0.6) is 0 Å². The molecule has 2 N–H and O–H groups in total. The van der Waals surface area contributed by atoms with Gasteiger partial charge in [-0.2, -0.15) is 11.8 Å². The van der Waals surface area contributed by atoms with Crippen LogP contribution in [0.2, 0.25) is 0 Å². The van der Waals surface area contributed by atoms with Gasteiger partial charge in [-0.05, 0) is 19.6 Å². The largest absolute Gasteiger partial charge is 0.356 e. The lowest BCUT2D eigenvalue weighted by atomic mass is 10.3. The van der Waals surface area contributed by atoms with Gasteiger partial charge in [-0.1, -0.05) is 6.92 Å². The number of carbonyl (C=O) groups excluding carboxylic acids is 1. The van der Waals surface area contributed by atoms with E-state index in [0.29, 0.717) is 12.0 Å². The summed E-state index contributed by atoms with van der Waals surface area (Å²) in [4.78, 5) is 17.3. The van der Waals surface area contributed by atoms with Crippen molar-refractivity contribution >= 4 is 47.6 Å². The molecule has 5 nitrogen and oxygen atoms in total. The average Bonchev–Trinajstić information content (AvgIpc) is 2.35. The molecule has 0 saturated carbocycles. The fraction of sp³-hybridized carbons (Fsp3) is 0.833. The number of hydrogen-bond donors (Lipinski definition) is 2. The van der Waals surface area contributed by atoms with Crippen LogP contribution in [-0.2, 0) is 4.79 Å². The Balaban J connectivity index is 0. The van der Waals surface area contributed by atoms with E-state index in [4.69, 9.17) is 0 Å². The lowest BCUT2D eigenvalue weighted by Crippen LogP contribution is -2.43. The van der Waals surface area contributed by atoms with Gasteiger partial charge < -0.3 is 15.5 Å². The number of nitrogens with one attached hydrogen (secondary N) is 2. The summed E-state index contributed by atoms with van der Waals surface area (Å²) in [5, 5.41) is 6.51. The van der Waals surface area contributed by atoms with Crippen LogP contribution in [0.1, 0.15) is 20.3 Å². The summed E-state index contributed by atoms with van der Waals surface area (Å²) in [6, 6.07) is 0.347. The number of carbonyl (C=O) groups is 1. The van der Waals surface area contributed by atoms with Crippen molar-refractivity contribution in [1.29, 1.82) is 0 Å². The van der Waals surface area contributed by atoms with E-state index in [1.165, 1.54) is 0 Å². The van der Waals surface area contributed by atoms with Crippen LogP contribution in [-0.4, -0.2) is 62.0 Å². The fourth-order valence-corrected chi connectivity index (χ4v) is 1.35. The summed E-state index contributed by atoms with van der Waals surface area (Å²) in [7, 11) is 3.47. The minimum Gasteiger partial charge on any atom is -0.356 e. The molecule has 0 aliphatic heterocycles. The van der Waals surface area contributed by atoms with Crippen LogP contribution >= 0.6 is 35.7 Å². The lowest BCUT2D eigenvalue weighted by Gasteiger charge is -2.17. The Morgan fingerprint density at radius 3 is 2.53 bits per heavy atom. The first-order chi connectivity index (χ1) is 8.51. The summed E-state index contributed by atoms with van der Waals surface area (Å²) in [5.74, 6) is 1.74. The van der Waals surface area contributed by atoms with Crippen molar-refractivity contribution in [1.82, 2.24) is 15.5 Å². The number of nitrogens with zero attached hydrogens (tertiary/aromatic N) is 2. The van der Waals surface area contributed by atoms with Crippen LogP contribution in [0.15, 0.2) is 4.99 Å². The van der Waals surface area contributed by atoms with Crippen LogP contribution in [0.25, 0.3) is 0 Å². The van der Waals surface area contributed by atoms with E-state index in [1.54, 1.807) is 30.8 Å². The maximum Gasteiger partial charge on any atom is 0.243 e. The predicted octanol–water partition coefficient (Wildman–Crippen LogP) is 1.39. The van der Waals surface area contributed by atoms with Crippen molar-refractivity contribution in [2.75, 3.05) is 39.2 Å². The van der Waals surface area contributed by atoms with Gasteiger partial charge in [-0.25, -0.2) is 4.99 Å². The molecule has 0 aliphatic rings. The molecular weight excluding hydrogens is 375 g/mol. The molecule has 0 fully saturated rings. The van der Waals surface area contributed by atoms with Crippen LogP contribution in [0.4, 0.5) is 0 Å². The van der Waals surface area contributed by atoms with E-state index in [1.807, 2.05) is 0 Å². The van der Waals surface area contributed by atoms with Gasteiger partial charge >= 0.3 is 0 Å². The van der Waals surface area contributed by atoms with Crippen LogP contribution in [0, 0.1) is 0 Å². The third-order valence-electron chi connectivity index (χ3n) is 2.47. The molecule has 1 atom stereocenters. The molecule has 114 valence electrons. The summed E-state index contributed by atoms with van der Waals surface area (Å²) in [5.41, 5.74) is 0. The average molecular weight is 402 g/mol. The molecule has 7 heteroatoms. The molecule has 0 saturated heterocycles. The number of guanidine groups is 1. The molecule has 0 rings (SSSR count). The standard InChI is InChI=1S/C12H26N4OS.HI/c1-6-10(2)15-12(13-7-8-18-5)14-9-11(17)16(3)4;/h10H,6-9H2,1-5H3,(H2,13,14,15);1H. The molecule has 0 heterocycles. The quantitative estimate of drug-likeness (QED) is 0.293.